The lowest BCUT2D eigenvalue weighted by Gasteiger charge is -2.34. The molecule has 3 rings (SSSR count). The molecule has 0 radical (unpaired) electrons. The summed E-state index contributed by atoms with van der Waals surface area (Å²) in [5.41, 5.74) is 1.13. The number of piperazine rings is 1. The van der Waals surface area contributed by atoms with E-state index in [-0.39, 0.29) is 0 Å². The van der Waals surface area contributed by atoms with Crippen LogP contribution < -0.4 is 9.47 Å². The van der Waals surface area contributed by atoms with Gasteiger partial charge in [0, 0.05) is 38.3 Å². The van der Waals surface area contributed by atoms with Gasteiger partial charge in [-0.3, -0.25) is 4.90 Å². The molecule has 1 fully saturated rings. The Hall–Kier alpha value is -2.09. The molecule has 7 heteroatoms. The Labute approximate surface area is 161 Å². The van der Waals surface area contributed by atoms with Gasteiger partial charge in [-0.1, -0.05) is 18.2 Å². The molecule has 0 aliphatic carbocycles. The van der Waals surface area contributed by atoms with Gasteiger partial charge >= 0.3 is 0 Å². The molecule has 0 amide bonds. The summed E-state index contributed by atoms with van der Waals surface area (Å²) >= 11 is 0. The van der Waals surface area contributed by atoms with Crippen molar-refractivity contribution in [2.45, 2.75) is 18.4 Å². The van der Waals surface area contributed by atoms with E-state index in [1.54, 1.807) is 35.7 Å². The molecule has 0 aromatic heterocycles. The van der Waals surface area contributed by atoms with Crippen LogP contribution in [0.1, 0.15) is 12.5 Å². The monoisotopic (exact) mass is 390 g/mol. The SMILES string of the molecule is CCOc1ccccc1CN1CCN(S(=O)(=O)c2ccc(OC)cc2)CC1. The Kier molecular flexibility index (Phi) is 6.36. The minimum Gasteiger partial charge on any atom is -0.497 e. The van der Waals surface area contributed by atoms with E-state index in [2.05, 4.69) is 11.0 Å². The Morgan fingerprint density at radius 2 is 1.63 bits per heavy atom. The number of hydrogen-bond acceptors (Lipinski definition) is 5. The van der Waals surface area contributed by atoms with Crippen LogP contribution in [0.2, 0.25) is 0 Å². The highest BCUT2D eigenvalue weighted by Gasteiger charge is 2.28. The summed E-state index contributed by atoms with van der Waals surface area (Å²) in [6.07, 6.45) is 0. The predicted octanol–water partition coefficient (Wildman–Crippen LogP) is 2.60. The maximum atomic E-state index is 12.8. The smallest absolute Gasteiger partial charge is 0.243 e. The van der Waals surface area contributed by atoms with Crippen LogP contribution in [-0.4, -0.2) is 57.5 Å². The third-order valence-electron chi connectivity index (χ3n) is 4.69. The molecule has 0 saturated carbocycles. The molecule has 0 unspecified atom stereocenters. The zero-order valence-corrected chi connectivity index (χ0v) is 16.6. The zero-order valence-electron chi connectivity index (χ0n) is 15.8. The fourth-order valence-corrected chi connectivity index (χ4v) is 4.62. The summed E-state index contributed by atoms with van der Waals surface area (Å²) in [6, 6.07) is 14.5. The normalized spacial score (nSPS) is 16.2. The summed E-state index contributed by atoms with van der Waals surface area (Å²) in [5.74, 6) is 1.54. The fourth-order valence-electron chi connectivity index (χ4n) is 3.20. The summed E-state index contributed by atoms with van der Waals surface area (Å²) in [7, 11) is -1.91. The zero-order chi connectivity index (χ0) is 19.3. The lowest BCUT2D eigenvalue weighted by molar-refractivity contribution is 0.179. The second-order valence-electron chi connectivity index (χ2n) is 6.40. The van der Waals surface area contributed by atoms with Gasteiger partial charge in [0.1, 0.15) is 11.5 Å². The van der Waals surface area contributed by atoms with Crippen LogP contribution >= 0.6 is 0 Å². The summed E-state index contributed by atoms with van der Waals surface area (Å²) in [6.45, 7) is 5.69. The summed E-state index contributed by atoms with van der Waals surface area (Å²) in [4.78, 5) is 2.57. The highest BCUT2D eigenvalue weighted by molar-refractivity contribution is 7.89. The van der Waals surface area contributed by atoms with Crippen LogP contribution in [-0.2, 0) is 16.6 Å². The van der Waals surface area contributed by atoms with E-state index >= 15 is 0 Å². The number of hydrogen-bond donors (Lipinski definition) is 0. The first kappa shape index (κ1) is 19.7. The molecule has 2 aromatic rings. The molecule has 146 valence electrons. The summed E-state index contributed by atoms with van der Waals surface area (Å²) < 4.78 is 38.0. The molecule has 6 nitrogen and oxygen atoms in total. The highest BCUT2D eigenvalue weighted by Crippen LogP contribution is 2.23. The van der Waals surface area contributed by atoms with E-state index in [4.69, 9.17) is 9.47 Å². The molecule has 1 heterocycles. The Morgan fingerprint density at radius 3 is 2.26 bits per heavy atom. The topological polar surface area (TPSA) is 59.1 Å². The van der Waals surface area contributed by atoms with Crippen molar-refractivity contribution in [3.05, 3.63) is 54.1 Å². The lowest BCUT2D eigenvalue weighted by Crippen LogP contribution is -2.48. The molecular weight excluding hydrogens is 364 g/mol. The highest BCUT2D eigenvalue weighted by atomic mass is 32.2. The van der Waals surface area contributed by atoms with Gasteiger partial charge in [0.05, 0.1) is 18.6 Å². The van der Waals surface area contributed by atoms with Crippen molar-refractivity contribution in [1.29, 1.82) is 0 Å². The molecular formula is C20H26N2O4S. The third-order valence-corrected chi connectivity index (χ3v) is 6.61. The first-order valence-electron chi connectivity index (χ1n) is 9.12. The van der Waals surface area contributed by atoms with Crippen molar-refractivity contribution in [3.63, 3.8) is 0 Å². The molecule has 0 atom stereocenters. The molecule has 2 aromatic carbocycles. The van der Waals surface area contributed by atoms with Crippen molar-refractivity contribution >= 4 is 10.0 Å². The molecule has 1 aliphatic heterocycles. The maximum absolute atomic E-state index is 12.8. The van der Waals surface area contributed by atoms with Gasteiger partial charge < -0.3 is 9.47 Å². The van der Waals surface area contributed by atoms with Crippen molar-refractivity contribution in [3.8, 4) is 11.5 Å². The van der Waals surface area contributed by atoms with Crippen LogP contribution in [0.25, 0.3) is 0 Å². The molecule has 27 heavy (non-hydrogen) atoms. The van der Waals surface area contributed by atoms with Crippen LogP contribution in [0.5, 0.6) is 11.5 Å². The maximum Gasteiger partial charge on any atom is 0.243 e. The number of sulfonamides is 1. The standard InChI is InChI=1S/C20H26N2O4S/c1-3-26-20-7-5-4-6-17(20)16-21-12-14-22(15-13-21)27(23,24)19-10-8-18(25-2)9-11-19/h4-11H,3,12-16H2,1-2H3. The molecule has 1 saturated heterocycles. The number of ether oxygens (including phenoxy) is 2. The van der Waals surface area contributed by atoms with Crippen LogP contribution in [0.4, 0.5) is 0 Å². The fraction of sp³-hybridized carbons (Fsp3) is 0.400. The second-order valence-corrected chi connectivity index (χ2v) is 8.33. The van der Waals surface area contributed by atoms with Crippen molar-refractivity contribution in [2.24, 2.45) is 0 Å². The van der Waals surface area contributed by atoms with Gasteiger partial charge in [-0.15, -0.1) is 0 Å². The van der Waals surface area contributed by atoms with Crippen LogP contribution in [0, 0.1) is 0 Å². The minimum absolute atomic E-state index is 0.304. The van der Waals surface area contributed by atoms with Crippen LogP contribution in [0.3, 0.4) is 0 Å². The Bertz CT molecular complexity index is 845. The Morgan fingerprint density at radius 1 is 0.963 bits per heavy atom. The van der Waals surface area contributed by atoms with Crippen molar-refractivity contribution < 1.29 is 17.9 Å². The van der Waals surface area contributed by atoms with Crippen molar-refractivity contribution in [2.75, 3.05) is 39.9 Å². The molecule has 0 bridgehead atoms. The number of methoxy groups -OCH3 is 1. The molecule has 0 spiro atoms. The average Bonchev–Trinajstić information content (AvgIpc) is 2.70. The first-order chi connectivity index (χ1) is 13.0. The quantitative estimate of drug-likeness (QED) is 0.727. The lowest BCUT2D eigenvalue weighted by atomic mass is 10.2. The van der Waals surface area contributed by atoms with Crippen molar-refractivity contribution in [1.82, 2.24) is 9.21 Å². The largest absolute Gasteiger partial charge is 0.497 e. The third kappa shape index (κ3) is 4.61. The van der Waals surface area contributed by atoms with Gasteiger partial charge in [0.2, 0.25) is 10.0 Å². The van der Waals surface area contributed by atoms with E-state index in [9.17, 15) is 8.42 Å². The second kappa shape index (κ2) is 8.73. The van der Waals surface area contributed by atoms with E-state index in [0.29, 0.717) is 43.4 Å². The number of nitrogens with zero attached hydrogens (tertiary/aromatic N) is 2. The number of para-hydroxylation sites is 1. The van der Waals surface area contributed by atoms with Gasteiger partial charge in [0.15, 0.2) is 0 Å². The van der Waals surface area contributed by atoms with Crippen LogP contribution in [0.15, 0.2) is 53.4 Å². The molecule has 1 aliphatic rings. The van der Waals surface area contributed by atoms with Gasteiger partial charge in [-0.25, -0.2) is 8.42 Å². The average molecular weight is 391 g/mol. The van der Waals surface area contributed by atoms with E-state index in [1.165, 1.54) is 0 Å². The predicted molar refractivity (Wildman–Crippen MR) is 105 cm³/mol. The summed E-state index contributed by atoms with van der Waals surface area (Å²) in [5, 5.41) is 0. The van der Waals surface area contributed by atoms with Gasteiger partial charge in [-0.2, -0.15) is 4.31 Å². The van der Waals surface area contributed by atoms with Gasteiger partial charge in [-0.05, 0) is 37.3 Å². The van der Waals surface area contributed by atoms with E-state index in [1.807, 2.05) is 25.1 Å². The van der Waals surface area contributed by atoms with E-state index < -0.39 is 10.0 Å². The molecule has 0 N–H and O–H groups in total. The Balaban J connectivity index is 1.63. The minimum atomic E-state index is -3.47. The first-order valence-corrected chi connectivity index (χ1v) is 10.6. The van der Waals surface area contributed by atoms with E-state index in [0.717, 1.165) is 17.9 Å². The van der Waals surface area contributed by atoms with Gasteiger partial charge in [0.25, 0.3) is 0 Å². The number of benzene rings is 2. The number of rotatable bonds is 7.